The van der Waals surface area contributed by atoms with Crippen molar-refractivity contribution in [1.29, 1.82) is 0 Å². The number of alkyl halides is 1. The molecule has 0 radical (unpaired) electrons. The van der Waals surface area contributed by atoms with Gasteiger partial charge in [-0.05, 0) is 62.1 Å². The molecule has 0 spiro atoms. The second-order valence-corrected chi connectivity index (χ2v) is 11.3. The van der Waals surface area contributed by atoms with Gasteiger partial charge in [0, 0.05) is 37.7 Å². The van der Waals surface area contributed by atoms with E-state index in [4.69, 9.17) is 33.9 Å². The zero-order valence-electron chi connectivity index (χ0n) is 21.3. The van der Waals surface area contributed by atoms with Gasteiger partial charge in [-0.1, -0.05) is 30.1 Å². The number of carbonyl (C=O) groups is 1. The molecule has 3 heterocycles. The number of amides is 1. The normalized spacial score (nSPS) is 20.7. The van der Waals surface area contributed by atoms with Gasteiger partial charge in [-0.3, -0.25) is 4.79 Å². The first-order valence-electron chi connectivity index (χ1n) is 13.2. The number of carbonyl (C=O) groups excluding carboxylic acids is 1. The smallest absolute Gasteiger partial charge is 0.255 e. The van der Waals surface area contributed by atoms with Crippen LogP contribution in [0.15, 0.2) is 12.1 Å². The van der Waals surface area contributed by atoms with Crippen molar-refractivity contribution in [2.75, 3.05) is 18.0 Å². The summed E-state index contributed by atoms with van der Waals surface area (Å²) in [5.41, 5.74) is 7.94. The van der Waals surface area contributed by atoms with Gasteiger partial charge < -0.3 is 20.9 Å². The summed E-state index contributed by atoms with van der Waals surface area (Å²) >= 11 is 12.7. The quantitative estimate of drug-likeness (QED) is 0.333. The summed E-state index contributed by atoms with van der Waals surface area (Å²) in [5.74, 6) is 0.836. The van der Waals surface area contributed by atoms with Gasteiger partial charge in [0.15, 0.2) is 5.65 Å². The van der Waals surface area contributed by atoms with Crippen molar-refractivity contribution in [3.05, 3.63) is 50.5 Å². The van der Waals surface area contributed by atoms with E-state index in [1.807, 2.05) is 4.90 Å². The van der Waals surface area contributed by atoms with Crippen LogP contribution in [0.25, 0.3) is 11.2 Å². The second-order valence-electron chi connectivity index (χ2n) is 10.5. The van der Waals surface area contributed by atoms with E-state index in [-0.39, 0.29) is 29.9 Å². The van der Waals surface area contributed by atoms with Crippen molar-refractivity contribution in [2.24, 2.45) is 11.7 Å². The molecule has 0 unspecified atom stereocenters. The Hall–Kier alpha value is -2.49. The van der Waals surface area contributed by atoms with Gasteiger partial charge >= 0.3 is 0 Å². The number of aromatic nitrogens is 3. The predicted molar refractivity (Wildman–Crippen MR) is 146 cm³/mol. The minimum Gasteiger partial charge on any atom is -0.356 e. The van der Waals surface area contributed by atoms with Gasteiger partial charge in [-0.25, -0.2) is 18.7 Å². The number of rotatable bonds is 6. The molecule has 7 nitrogen and oxygen atoms in total. The SMILES string of the molecule is CC1CCC(NC(=O)c2cc3[nH]c(Cc4c(Cl)c(F)cc(CN)c4Cl)nc3nc2N2CCC(F)CC2)CC1. The second kappa shape index (κ2) is 11.3. The highest BCUT2D eigenvalue weighted by Gasteiger charge is 2.28. The molecule has 5 rings (SSSR count). The maximum atomic E-state index is 14.4. The van der Waals surface area contributed by atoms with Crippen molar-refractivity contribution in [3.63, 3.8) is 0 Å². The maximum Gasteiger partial charge on any atom is 0.255 e. The monoisotopic (exact) mass is 564 g/mol. The summed E-state index contributed by atoms with van der Waals surface area (Å²) in [6.45, 7) is 3.24. The van der Waals surface area contributed by atoms with Gasteiger partial charge in [-0.15, -0.1) is 0 Å². The predicted octanol–water partition coefficient (Wildman–Crippen LogP) is 5.70. The fraction of sp³-hybridized carbons (Fsp3) is 0.519. The van der Waals surface area contributed by atoms with Crippen LogP contribution in [0.1, 0.15) is 72.8 Å². The Morgan fingerprint density at radius 2 is 1.84 bits per heavy atom. The molecule has 3 aromatic rings. The molecule has 204 valence electrons. The molecular weight excluding hydrogens is 533 g/mol. The Labute approximate surface area is 230 Å². The number of H-pyrrole nitrogens is 1. The minimum absolute atomic E-state index is 0.0684. The molecule has 1 amide bonds. The lowest BCUT2D eigenvalue weighted by Crippen LogP contribution is -2.40. The first-order valence-corrected chi connectivity index (χ1v) is 13.9. The fourth-order valence-corrected chi connectivity index (χ4v) is 5.94. The number of nitrogens with zero attached hydrogens (tertiary/aromatic N) is 3. The molecule has 1 saturated heterocycles. The van der Waals surface area contributed by atoms with Gasteiger partial charge in [0.05, 0.1) is 21.1 Å². The summed E-state index contributed by atoms with van der Waals surface area (Å²) in [6, 6.07) is 3.10. The zero-order valence-corrected chi connectivity index (χ0v) is 22.8. The molecule has 0 atom stereocenters. The van der Waals surface area contributed by atoms with Crippen LogP contribution in [0.5, 0.6) is 0 Å². The number of nitrogens with one attached hydrogen (secondary N) is 2. The number of halogens is 4. The van der Waals surface area contributed by atoms with E-state index in [0.717, 1.165) is 25.7 Å². The third-order valence-electron chi connectivity index (χ3n) is 7.71. The van der Waals surface area contributed by atoms with Crippen LogP contribution in [0, 0.1) is 11.7 Å². The van der Waals surface area contributed by atoms with Gasteiger partial charge in [0.25, 0.3) is 5.91 Å². The molecule has 1 saturated carbocycles. The number of pyridine rings is 1. The highest BCUT2D eigenvalue weighted by molar-refractivity contribution is 6.36. The molecule has 0 bridgehead atoms. The summed E-state index contributed by atoms with van der Waals surface area (Å²) in [4.78, 5) is 28.0. The van der Waals surface area contributed by atoms with Crippen LogP contribution in [0.2, 0.25) is 10.0 Å². The standard InChI is InChI=1S/C27H32Cl2F2N6O/c1-14-2-4-17(5-3-14)33-27(38)19-11-21-25(36-26(19)37-8-6-16(30)7-9-37)35-22(34-21)12-18-23(28)15(13-32)10-20(31)24(18)29/h10-11,14,16-17H,2-9,12-13,32H2,1H3,(H,33,38)(H,34,35,36). The lowest BCUT2D eigenvalue weighted by atomic mass is 9.87. The number of anilines is 1. The molecule has 1 aliphatic heterocycles. The van der Waals surface area contributed by atoms with E-state index in [0.29, 0.717) is 76.4 Å². The van der Waals surface area contributed by atoms with E-state index < -0.39 is 12.0 Å². The van der Waals surface area contributed by atoms with Crippen molar-refractivity contribution in [3.8, 4) is 0 Å². The van der Waals surface area contributed by atoms with Crippen LogP contribution in [0.4, 0.5) is 14.6 Å². The van der Waals surface area contributed by atoms with Crippen LogP contribution in [-0.2, 0) is 13.0 Å². The summed E-state index contributed by atoms with van der Waals surface area (Å²) < 4.78 is 28.3. The fourth-order valence-electron chi connectivity index (χ4n) is 5.39. The Bertz CT molecular complexity index is 1330. The van der Waals surface area contributed by atoms with Gasteiger partial charge in [0.1, 0.15) is 23.6 Å². The summed E-state index contributed by atoms with van der Waals surface area (Å²) in [6.07, 6.45) is 4.09. The Kier molecular flexibility index (Phi) is 8.07. The molecule has 2 aliphatic rings. The number of imidazole rings is 1. The lowest BCUT2D eigenvalue weighted by molar-refractivity contribution is 0.0923. The Balaban J connectivity index is 1.49. The number of benzene rings is 1. The highest BCUT2D eigenvalue weighted by Crippen LogP contribution is 2.33. The molecule has 4 N–H and O–H groups in total. The molecule has 1 aliphatic carbocycles. The van der Waals surface area contributed by atoms with Crippen LogP contribution >= 0.6 is 23.2 Å². The van der Waals surface area contributed by atoms with E-state index in [9.17, 15) is 13.6 Å². The first-order chi connectivity index (χ1) is 18.2. The Morgan fingerprint density at radius 3 is 2.53 bits per heavy atom. The maximum absolute atomic E-state index is 14.4. The van der Waals surface area contributed by atoms with E-state index in [2.05, 4.69) is 22.2 Å². The van der Waals surface area contributed by atoms with Crippen LogP contribution in [0.3, 0.4) is 0 Å². The number of nitrogens with two attached hydrogens (primary N) is 1. The first kappa shape index (κ1) is 27.1. The largest absolute Gasteiger partial charge is 0.356 e. The average Bonchev–Trinajstić information content (AvgIpc) is 3.31. The number of fused-ring (bicyclic) bond motifs is 1. The van der Waals surface area contributed by atoms with Crippen molar-refractivity contribution in [1.82, 2.24) is 20.3 Å². The van der Waals surface area contributed by atoms with E-state index >= 15 is 0 Å². The molecule has 2 aromatic heterocycles. The highest BCUT2D eigenvalue weighted by atomic mass is 35.5. The molecular formula is C27H32Cl2F2N6O. The molecule has 38 heavy (non-hydrogen) atoms. The summed E-state index contributed by atoms with van der Waals surface area (Å²) in [5, 5.41) is 3.40. The minimum atomic E-state index is -0.854. The summed E-state index contributed by atoms with van der Waals surface area (Å²) in [7, 11) is 0. The van der Waals surface area contributed by atoms with Gasteiger partial charge in [-0.2, -0.15) is 0 Å². The lowest BCUT2D eigenvalue weighted by Gasteiger charge is -2.31. The van der Waals surface area contributed by atoms with Crippen LogP contribution < -0.4 is 16.0 Å². The molecule has 11 heteroatoms. The molecule has 2 fully saturated rings. The zero-order chi connectivity index (χ0) is 27.0. The van der Waals surface area contributed by atoms with Crippen molar-refractivity contribution in [2.45, 2.75) is 70.6 Å². The third kappa shape index (κ3) is 5.60. The van der Waals surface area contributed by atoms with Crippen molar-refractivity contribution >= 4 is 46.1 Å². The molecule has 1 aromatic carbocycles. The Morgan fingerprint density at radius 1 is 1.13 bits per heavy atom. The van der Waals surface area contributed by atoms with Gasteiger partial charge in [0.2, 0.25) is 0 Å². The van der Waals surface area contributed by atoms with Crippen molar-refractivity contribution < 1.29 is 13.6 Å². The number of aromatic amines is 1. The topological polar surface area (TPSA) is 99.9 Å². The van der Waals surface area contributed by atoms with Crippen LogP contribution in [-0.4, -0.2) is 46.2 Å². The number of hydrogen-bond donors (Lipinski definition) is 3. The third-order valence-corrected chi connectivity index (χ3v) is 8.59. The average molecular weight is 565 g/mol. The number of piperidine rings is 1. The van der Waals surface area contributed by atoms with E-state index in [1.165, 1.54) is 6.07 Å². The number of hydrogen-bond acceptors (Lipinski definition) is 5. The van der Waals surface area contributed by atoms with E-state index in [1.54, 1.807) is 6.07 Å².